The van der Waals surface area contributed by atoms with E-state index >= 15 is 0 Å². The zero-order chi connectivity index (χ0) is 37.5. The van der Waals surface area contributed by atoms with E-state index in [-0.39, 0.29) is 0 Å². The molecule has 0 unspecified atom stereocenters. The van der Waals surface area contributed by atoms with Gasteiger partial charge >= 0.3 is 0 Å². The molecule has 12 aromatic rings. The summed E-state index contributed by atoms with van der Waals surface area (Å²) >= 11 is 1.83. The molecule has 0 aliphatic rings. The third-order valence-electron chi connectivity index (χ3n) is 11.2. The number of rotatable bonds is 5. The molecular weight excluding hydrogens is 715 g/mol. The fraction of sp³-hybridized carbons (Fsp3) is 0. The number of aromatic nitrogens is 5. The van der Waals surface area contributed by atoms with E-state index in [0.717, 1.165) is 71.4 Å². The number of benzene rings is 8. The molecule has 57 heavy (non-hydrogen) atoms. The lowest BCUT2D eigenvalue weighted by molar-refractivity contribution is 0.893. The van der Waals surface area contributed by atoms with Crippen molar-refractivity contribution in [3.63, 3.8) is 0 Å². The van der Waals surface area contributed by atoms with Crippen LogP contribution in [0.4, 0.5) is 0 Å². The summed E-state index contributed by atoms with van der Waals surface area (Å²) in [4.78, 5) is 16.3. The standard InChI is InChI=1S/C51H31N5S/c1-2-15-32(16-3-1)33-29-30-38-37-20-8-12-26-44(37)56(45(38)31-33)51-53-49(52-50(54-51)55-42-24-10-6-18-35(42)36-19-7-11-25-43(36)55)40-21-5-4-17-34(40)39-23-14-28-47-48(39)41-22-9-13-27-46(41)57-47/h1-31H. The topological polar surface area (TPSA) is 48.5 Å². The highest BCUT2D eigenvalue weighted by Gasteiger charge is 2.23. The molecule has 0 spiro atoms. The molecule has 0 aliphatic heterocycles. The molecule has 12 rings (SSSR count). The summed E-state index contributed by atoms with van der Waals surface area (Å²) in [5.41, 5.74) is 9.61. The number of hydrogen-bond acceptors (Lipinski definition) is 4. The summed E-state index contributed by atoms with van der Waals surface area (Å²) in [5, 5.41) is 7.09. The van der Waals surface area contributed by atoms with Gasteiger partial charge in [-0.3, -0.25) is 9.13 Å². The molecule has 0 saturated carbocycles. The van der Waals surface area contributed by atoms with Gasteiger partial charge in [0.05, 0.1) is 22.1 Å². The molecule has 0 bridgehead atoms. The van der Waals surface area contributed by atoms with E-state index < -0.39 is 0 Å². The van der Waals surface area contributed by atoms with Gasteiger partial charge in [0.2, 0.25) is 11.9 Å². The van der Waals surface area contributed by atoms with Crippen LogP contribution in [0.5, 0.6) is 0 Å². The van der Waals surface area contributed by atoms with Gasteiger partial charge in [0.1, 0.15) is 0 Å². The van der Waals surface area contributed by atoms with Crippen LogP contribution in [0.2, 0.25) is 0 Å². The van der Waals surface area contributed by atoms with Crippen LogP contribution >= 0.6 is 11.3 Å². The molecule has 4 heterocycles. The second-order valence-corrected chi connectivity index (χ2v) is 15.5. The fourth-order valence-electron chi connectivity index (χ4n) is 8.72. The number of nitrogens with zero attached hydrogens (tertiary/aromatic N) is 5. The zero-order valence-corrected chi connectivity index (χ0v) is 31.4. The lowest BCUT2D eigenvalue weighted by Gasteiger charge is -2.15. The van der Waals surface area contributed by atoms with Crippen molar-refractivity contribution in [3.8, 4) is 45.5 Å². The number of hydrogen-bond donors (Lipinski definition) is 0. The second kappa shape index (κ2) is 12.6. The molecular formula is C51H31N5S. The van der Waals surface area contributed by atoms with E-state index in [1.165, 1.54) is 20.2 Å². The Morgan fingerprint density at radius 1 is 0.333 bits per heavy atom. The van der Waals surface area contributed by atoms with Crippen molar-refractivity contribution in [3.05, 3.63) is 188 Å². The Morgan fingerprint density at radius 2 is 0.842 bits per heavy atom. The monoisotopic (exact) mass is 745 g/mol. The SMILES string of the molecule is c1ccc(-c2ccc3c4ccccc4n(-c4nc(-c5ccccc5-c5cccc6sc7ccccc7c56)nc(-n5c6ccccc6c6ccccc65)n4)c3c2)cc1. The van der Waals surface area contributed by atoms with Crippen molar-refractivity contribution in [2.45, 2.75) is 0 Å². The highest BCUT2D eigenvalue weighted by Crippen LogP contribution is 2.43. The molecule has 4 aromatic heterocycles. The molecule has 5 nitrogen and oxygen atoms in total. The van der Waals surface area contributed by atoms with Gasteiger partial charge in [0, 0.05) is 47.3 Å². The van der Waals surface area contributed by atoms with E-state index in [4.69, 9.17) is 15.0 Å². The Kier molecular flexibility index (Phi) is 7.03. The fourth-order valence-corrected chi connectivity index (χ4v) is 9.85. The summed E-state index contributed by atoms with van der Waals surface area (Å²) in [6.45, 7) is 0. The van der Waals surface area contributed by atoms with E-state index in [0.29, 0.717) is 17.7 Å². The maximum atomic E-state index is 5.47. The van der Waals surface area contributed by atoms with Crippen molar-refractivity contribution in [1.82, 2.24) is 24.1 Å². The minimum Gasteiger partial charge on any atom is -0.278 e. The lowest BCUT2D eigenvalue weighted by Crippen LogP contribution is -2.10. The molecule has 0 atom stereocenters. The Bertz CT molecular complexity index is 3490. The van der Waals surface area contributed by atoms with Crippen LogP contribution in [0.3, 0.4) is 0 Å². The first kappa shape index (κ1) is 31.9. The van der Waals surface area contributed by atoms with Gasteiger partial charge in [-0.25, -0.2) is 0 Å². The normalized spacial score (nSPS) is 11.9. The van der Waals surface area contributed by atoms with Crippen LogP contribution in [0.25, 0.3) is 109 Å². The third kappa shape index (κ3) is 4.91. The predicted molar refractivity (Wildman–Crippen MR) is 238 cm³/mol. The minimum absolute atomic E-state index is 0.558. The lowest BCUT2D eigenvalue weighted by atomic mass is 9.95. The van der Waals surface area contributed by atoms with E-state index in [1.54, 1.807) is 0 Å². The second-order valence-electron chi connectivity index (χ2n) is 14.4. The summed E-state index contributed by atoms with van der Waals surface area (Å²) in [7, 11) is 0. The predicted octanol–water partition coefficient (Wildman–Crippen LogP) is 13.4. The molecule has 8 aromatic carbocycles. The molecule has 266 valence electrons. The number of fused-ring (bicyclic) bond motifs is 9. The van der Waals surface area contributed by atoms with Crippen LogP contribution in [-0.4, -0.2) is 24.1 Å². The summed E-state index contributed by atoms with van der Waals surface area (Å²) < 4.78 is 6.94. The van der Waals surface area contributed by atoms with Gasteiger partial charge in [0.15, 0.2) is 5.82 Å². The first-order valence-corrected chi connectivity index (χ1v) is 19.9. The van der Waals surface area contributed by atoms with Crippen molar-refractivity contribution in [1.29, 1.82) is 0 Å². The quantitative estimate of drug-likeness (QED) is 0.176. The van der Waals surface area contributed by atoms with Gasteiger partial charge in [-0.2, -0.15) is 15.0 Å². The molecule has 0 aliphatic carbocycles. The molecule has 0 N–H and O–H groups in total. The molecule has 0 amide bonds. The largest absolute Gasteiger partial charge is 0.278 e. The highest BCUT2D eigenvalue weighted by molar-refractivity contribution is 7.25. The first-order valence-electron chi connectivity index (χ1n) is 19.1. The van der Waals surface area contributed by atoms with E-state index in [1.807, 2.05) is 11.3 Å². The third-order valence-corrected chi connectivity index (χ3v) is 12.4. The van der Waals surface area contributed by atoms with Crippen LogP contribution in [0.15, 0.2) is 188 Å². The van der Waals surface area contributed by atoms with Crippen LogP contribution in [0.1, 0.15) is 0 Å². The Morgan fingerprint density at radius 3 is 1.53 bits per heavy atom. The summed E-state index contributed by atoms with van der Waals surface area (Å²) in [5.74, 6) is 1.72. The number of thiophene rings is 1. The Balaban J connectivity index is 1.19. The molecule has 0 fully saturated rings. The van der Waals surface area contributed by atoms with E-state index in [2.05, 4.69) is 197 Å². The first-order chi connectivity index (χ1) is 28.3. The van der Waals surface area contributed by atoms with Gasteiger partial charge < -0.3 is 0 Å². The molecule has 0 radical (unpaired) electrons. The smallest absolute Gasteiger partial charge is 0.240 e. The zero-order valence-electron chi connectivity index (χ0n) is 30.5. The summed E-state index contributed by atoms with van der Waals surface area (Å²) in [6, 6.07) is 66.7. The molecule has 0 saturated heterocycles. The van der Waals surface area contributed by atoms with Crippen LogP contribution in [-0.2, 0) is 0 Å². The average molecular weight is 746 g/mol. The van der Waals surface area contributed by atoms with Crippen molar-refractivity contribution in [2.24, 2.45) is 0 Å². The van der Waals surface area contributed by atoms with Gasteiger partial charge in [-0.1, -0.05) is 152 Å². The Labute approximate surface area is 331 Å². The van der Waals surface area contributed by atoms with Crippen molar-refractivity contribution in [2.75, 3.05) is 0 Å². The minimum atomic E-state index is 0.558. The van der Waals surface area contributed by atoms with Crippen molar-refractivity contribution >= 4 is 75.1 Å². The average Bonchev–Trinajstić information content (AvgIpc) is 3.94. The van der Waals surface area contributed by atoms with Crippen molar-refractivity contribution < 1.29 is 0 Å². The van der Waals surface area contributed by atoms with Crippen LogP contribution in [0, 0.1) is 0 Å². The molecule has 6 heteroatoms. The Hall–Kier alpha value is -7.41. The maximum Gasteiger partial charge on any atom is 0.240 e. The highest BCUT2D eigenvalue weighted by atomic mass is 32.1. The van der Waals surface area contributed by atoms with Gasteiger partial charge in [-0.15, -0.1) is 11.3 Å². The number of para-hydroxylation sites is 3. The van der Waals surface area contributed by atoms with Gasteiger partial charge in [-0.05, 0) is 58.7 Å². The summed E-state index contributed by atoms with van der Waals surface area (Å²) in [6.07, 6.45) is 0. The maximum absolute atomic E-state index is 5.47. The van der Waals surface area contributed by atoms with Gasteiger partial charge in [0.25, 0.3) is 0 Å². The van der Waals surface area contributed by atoms with E-state index in [9.17, 15) is 0 Å². The van der Waals surface area contributed by atoms with Crippen LogP contribution < -0.4 is 0 Å².